The monoisotopic (exact) mass is 176 g/mol. The van der Waals surface area contributed by atoms with Gasteiger partial charge in [-0.05, 0) is 18.1 Å². The summed E-state index contributed by atoms with van der Waals surface area (Å²) in [6.07, 6.45) is 3.90. The second kappa shape index (κ2) is 4.45. The molecular weight excluding hydrogens is 164 g/mol. The molecule has 13 heavy (non-hydrogen) atoms. The lowest BCUT2D eigenvalue weighted by molar-refractivity contribution is -0.136. The molecular formula is C11H12O2. The number of benzene rings is 1. The van der Waals surface area contributed by atoms with Gasteiger partial charge in [-0.15, -0.1) is 0 Å². The van der Waals surface area contributed by atoms with Gasteiger partial charge in [0.25, 0.3) is 0 Å². The highest BCUT2D eigenvalue weighted by Gasteiger charge is 2.02. The van der Waals surface area contributed by atoms with E-state index in [-0.39, 0.29) is 6.42 Å². The molecule has 1 rings (SSSR count). The summed E-state index contributed by atoms with van der Waals surface area (Å²) in [5.74, 6) is -0.794. The van der Waals surface area contributed by atoms with Gasteiger partial charge < -0.3 is 5.11 Å². The second-order valence-electron chi connectivity index (χ2n) is 2.77. The van der Waals surface area contributed by atoms with E-state index in [1.807, 2.05) is 43.3 Å². The van der Waals surface area contributed by atoms with Crippen molar-refractivity contribution in [2.45, 2.75) is 13.3 Å². The Hall–Kier alpha value is -1.57. The number of carboxylic acids is 1. The largest absolute Gasteiger partial charge is 0.481 e. The second-order valence-corrected chi connectivity index (χ2v) is 2.77. The number of hydrogen-bond donors (Lipinski definition) is 1. The van der Waals surface area contributed by atoms with Crippen molar-refractivity contribution in [2.24, 2.45) is 0 Å². The van der Waals surface area contributed by atoms with Crippen LogP contribution in [0.5, 0.6) is 0 Å². The molecule has 0 radical (unpaired) electrons. The minimum atomic E-state index is -0.794. The SMILES string of the molecule is CC=Cc1ccccc1CC(=O)O. The smallest absolute Gasteiger partial charge is 0.307 e. The maximum absolute atomic E-state index is 10.5. The van der Waals surface area contributed by atoms with E-state index in [0.29, 0.717) is 0 Å². The van der Waals surface area contributed by atoms with Crippen molar-refractivity contribution in [3.05, 3.63) is 41.5 Å². The number of allylic oxidation sites excluding steroid dienone is 1. The fraction of sp³-hybridized carbons (Fsp3) is 0.182. The molecule has 0 unspecified atom stereocenters. The summed E-state index contributed by atoms with van der Waals surface area (Å²) in [6, 6.07) is 7.51. The summed E-state index contributed by atoms with van der Waals surface area (Å²) in [5.41, 5.74) is 1.83. The number of carbonyl (C=O) groups is 1. The van der Waals surface area contributed by atoms with Crippen LogP contribution in [0.1, 0.15) is 18.1 Å². The highest BCUT2D eigenvalue weighted by atomic mass is 16.4. The Morgan fingerprint density at radius 2 is 2.15 bits per heavy atom. The van der Waals surface area contributed by atoms with Crippen LogP contribution in [0.2, 0.25) is 0 Å². The molecule has 0 aliphatic heterocycles. The molecule has 0 heterocycles. The molecule has 0 bridgehead atoms. The first-order valence-electron chi connectivity index (χ1n) is 4.16. The third-order valence-corrected chi connectivity index (χ3v) is 1.74. The van der Waals surface area contributed by atoms with Gasteiger partial charge in [-0.3, -0.25) is 4.79 Å². The fourth-order valence-electron chi connectivity index (χ4n) is 1.20. The average Bonchev–Trinajstić information content (AvgIpc) is 2.08. The lowest BCUT2D eigenvalue weighted by atomic mass is 10.0. The Labute approximate surface area is 77.5 Å². The van der Waals surface area contributed by atoms with E-state index in [1.54, 1.807) is 0 Å². The Balaban J connectivity index is 2.97. The van der Waals surface area contributed by atoms with Crippen LogP contribution in [0, 0.1) is 0 Å². The van der Waals surface area contributed by atoms with Crippen molar-refractivity contribution in [3.63, 3.8) is 0 Å². The Kier molecular flexibility index (Phi) is 3.26. The zero-order valence-corrected chi connectivity index (χ0v) is 7.53. The van der Waals surface area contributed by atoms with Crippen molar-refractivity contribution in [1.82, 2.24) is 0 Å². The number of aliphatic carboxylic acids is 1. The van der Waals surface area contributed by atoms with Gasteiger partial charge in [0.05, 0.1) is 6.42 Å². The van der Waals surface area contributed by atoms with Gasteiger partial charge in [-0.2, -0.15) is 0 Å². The highest BCUT2D eigenvalue weighted by molar-refractivity contribution is 5.72. The Morgan fingerprint density at radius 3 is 2.77 bits per heavy atom. The Morgan fingerprint density at radius 1 is 1.46 bits per heavy atom. The van der Waals surface area contributed by atoms with Crippen LogP contribution in [0.4, 0.5) is 0 Å². The first-order chi connectivity index (χ1) is 6.24. The maximum atomic E-state index is 10.5. The molecule has 0 saturated heterocycles. The molecule has 1 N–H and O–H groups in total. The number of rotatable bonds is 3. The quantitative estimate of drug-likeness (QED) is 0.767. The zero-order chi connectivity index (χ0) is 9.68. The van der Waals surface area contributed by atoms with Gasteiger partial charge in [0, 0.05) is 0 Å². The summed E-state index contributed by atoms with van der Waals surface area (Å²) in [6.45, 7) is 1.91. The van der Waals surface area contributed by atoms with Crippen LogP contribution in [0.15, 0.2) is 30.3 Å². The van der Waals surface area contributed by atoms with E-state index in [4.69, 9.17) is 5.11 Å². The van der Waals surface area contributed by atoms with E-state index in [0.717, 1.165) is 11.1 Å². The predicted octanol–water partition coefficient (Wildman–Crippen LogP) is 2.35. The number of carboxylic acid groups (broad SMARTS) is 1. The molecule has 0 fully saturated rings. The predicted molar refractivity (Wildman–Crippen MR) is 52.5 cm³/mol. The third kappa shape index (κ3) is 2.75. The highest BCUT2D eigenvalue weighted by Crippen LogP contribution is 2.11. The number of hydrogen-bond acceptors (Lipinski definition) is 1. The van der Waals surface area contributed by atoms with Gasteiger partial charge in [0.2, 0.25) is 0 Å². The minimum absolute atomic E-state index is 0.0838. The molecule has 1 aromatic rings. The fourth-order valence-corrected chi connectivity index (χ4v) is 1.20. The molecule has 0 spiro atoms. The third-order valence-electron chi connectivity index (χ3n) is 1.74. The van der Waals surface area contributed by atoms with Gasteiger partial charge in [0.1, 0.15) is 0 Å². The maximum Gasteiger partial charge on any atom is 0.307 e. The van der Waals surface area contributed by atoms with Crippen molar-refractivity contribution in [1.29, 1.82) is 0 Å². The molecule has 68 valence electrons. The van der Waals surface area contributed by atoms with Crippen LogP contribution in [-0.4, -0.2) is 11.1 Å². The molecule has 2 nitrogen and oxygen atoms in total. The summed E-state index contributed by atoms with van der Waals surface area (Å²) >= 11 is 0. The van der Waals surface area contributed by atoms with Crippen molar-refractivity contribution in [2.75, 3.05) is 0 Å². The van der Waals surface area contributed by atoms with E-state index < -0.39 is 5.97 Å². The Bertz CT molecular complexity index is 327. The normalized spacial score (nSPS) is 10.5. The molecule has 0 atom stereocenters. The van der Waals surface area contributed by atoms with Crippen molar-refractivity contribution >= 4 is 12.0 Å². The van der Waals surface area contributed by atoms with Crippen LogP contribution in [0.3, 0.4) is 0 Å². The minimum Gasteiger partial charge on any atom is -0.481 e. The van der Waals surface area contributed by atoms with Gasteiger partial charge >= 0.3 is 5.97 Å². The first-order valence-corrected chi connectivity index (χ1v) is 4.16. The molecule has 2 heteroatoms. The van der Waals surface area contributed by atoms with E-state index in [9.17, 15) is 4.79 Å². The van der Waals surface area contributed by atoms with Crippen LogP contribution in [-0.2, 0) is 11.2 Å². The van der Waals surface area contributed by atoms with Crippen LogP contribution >= 0.6 is 0 Å². The lowest BCUT2D eigenvalue weighted by Crippen LogP contribution is -2.01. The molecule has 0 amide bonds. The molecule has 0 aromatic heterocycles. The molecule has 0 aliphatic carbocycles. The van der Waals surface area contributed by atoms with E-state index in [1.165, 1.54) is 0 Å². The average molecular weight is 176 g/mol. The van der Waals surface area contributed by atoms with Gasteiger partial charge in [0.15, 0.2) is 0 Å². The summed E-state index contributed by atoms with van der Waals surface area (Å²) < 4.78 is 0. The summed E-state index contributed by atoms with van der Waals surface area (Å²) in [4.78, 5) is 10.5. The molecule has 0 saturated carbocycles. The molecule has 1 aromatic carbocycles. The zero-order valence-electron chi connectivity index (χ0n) is 7.53. The van der Waals surface area contributed by atoms with Crippen molar-refractivity contribution in [3.8, 4) is 0 Å². The van der Waals surface area contributed by atoms with Crippen LogP contribution in [0.25, 0.3) is 6.08 Å². The van der Waals surface area contributed by atoms with E-state index >= 15 is 0 Å². The molecule has 0 aliphatic rings. The lowest BCUT2D eigenvalue weighted by Gasteiger charge is -2.01. The first kappa shape index (κ1) is 9.52. The van der Waals surface area contributed by atoms with Crippen LogP contribution < -0.4 is 0 Å². The van der Waals surface area contributed by atoms with Gasteiger partial charge in [-0.25, -0.2) is 0 Å². The summed E-state index contributed by atoms with van der Waals surface area (Å²) in [7, 11) is 0. The standard InChI is InChI=1S/C11H12O2/c1-2-5-9-6-3-4-7-10(9)8-11(12)13/h2-7H,8H2,1H3,(H,12,13). The van der Waals surface area contributed by atoms with E-state index in [2.05, 4.69) is 0 Å². The summed E-state index contributed by atoms with van der Waals surface area (Å²) in [5, 5.41) is 8.64. The van der Waals surface area contributed by atoms with Crippen molar-refractivity contribution < 1.29 is 9.90 Å². The van der Waals surface area contributed by atoms with Gasteiger partial charge in [-0.1, -0.05) is 36.4 Å². The topological polar surface area (TPSA) is 37.3 Å².